The summed E-state index contributed by atoms with van der Waals surface area (Å²) in [4.78, 5) is 43.1. The Morgan fingerprint density at radius 2 is 1.74 bits per heavy atom. The summed E-state index contributed by atoms with van der Waals surface area (Å²) >= 11 is 0. The summed E-state index contributed by atoms with van der Waals surface area (Å²) < 4.78 is 10.7. The number of piperazine rings is 1. The highest BCUT2D eigenvalue weighted by molar-refractivity contribution is 5.83. The van der Waals surface area contributed by atoms with Crippen molar-refractivity contribution in [2.75, 3.05) is 46.4 Å². The van der Waals surface area contributed by atoms with Gasteiger partial charge in [0.2, 0.25) is 5.91 Å². The van der Waals surface area contributed by atoms with Gasteiger partial charge < -0.3 is 23.9 Å². The first kappa shape index (κ1) is 22.7. The van der Waals surface area contributed by atoms with Crippen molar-refractivity contribution in [3.05, 3.63) is 39.7 Å². The summed E-state index contributed by atoms with van der Waals surface area (Å²) in [5.74, 6) is 0.611. The number of hydrogen-bond donors (Lipinski definition) is 0. The molecule has 1 saturated heterocycles. The van der Waals surface area contributed by atoms with Crippen LogP contribution in [0.4, 0.5) is 4.79 Å². The Hall–Kier alpha value is -3.03. The summed E-state index contributed by atoms with van der Waals surface area (Å²) in [7, 11) is 1.56. The smallest absolute Gasteiger partial charge is 0.339 e. The van der Waals surface area contributed by atoms with Crippen LogP contribution in [0.25, 0.3) is 11.0 Å². The maximum Gasteiger partial charge on any atom is 0.339 e. The molecule has 8 nitrogen and oxygen atoms in total. The lowest BCUT2D eigenvalue weighted by molar-refractivity contribution is -0.132. The van der Waals surface area contributed by atoms with E-state index < -0.39 is 5.63 Å². The zero-order chi connectivity index (χ0) is 22.5. The maximum absolute atomic E-state index is 12.7. The Morgan fingerprint density at radius 3 is 2.35 bits per heavy atom. The van der Waals surface area contributed by atoms with Gasteiger partial charge in [-0.2, -0.15) is 0 Å². The van der Waals surface area contributed by atoms with Crippen molar-refractivity contribution >= 4 is 22.9 Å². The van der Waals surface area contributed by atoms with Crippen LogP contribution in [0.3, 0.4) is 0 Å². The minimum Gasteiger partial charge on any atom is -0.497 e. The molecule has 0 radical (unpaired) electrons. The van der Waals surface area contributed by atoms with Gasteiger partial charge in [0.05, 0.1) is 7.11 Å². The zero-order valence-corrected chi connectivity index (χ0v) is 18.8. The molecule has 1 aliphatic heterocycles. The Balaban J connectivity index is 1.62. The molecule has 1 aliphatic rings. The second-order valence-electron chi connectivity index (χ2n) is 7.68. The first-order chi connectivity index (χ1) is 14.9. The van der Waals surface area contributed by atoms with Crippen LogP contribution in [0.1, 0.15) is 31.4 Å². The molecule has 1 aromatic carbocycles. The maximum atomic E-state index is 12.7. The highest BCUT2D eigenvalue weighted by Gasteiger charge is 2.26. The SMILES string of the molecule is CCN(CC)C(=O)N1CCN(C(=O)CCc2c(C)c3ccc(OC)cc3oc2=O)CC1. The van der Waals surface area contributed by atoms with E-state index in [0.717, 1.165) is 10.9 Å². The van der Waals surface area contributed by atoms with Crippen molar-refractivity contribution in [2.45, 2.75) is 33.6 Å². The molecule has 2 heterocycles. The van der Waals surface area contributed by atoms with E-state index in [1.807, 2.05) is 32.9 Å². The third-order valence-electron chi connectivity index (χ3n) is 6.02. The average molecular weight is 430 g/mol. The molecule has 0 bridgehead atoms. The van der Waals surface area contributed by atoms with Crippen molar-refractivity contribution in [3.63, 3.8) is 0 Å². The van der Waals surface area contributed by atoms with Crippen LogP contribution < -0.4 is 10.4 Å². The molecule has 0 N–H and O–H groups in total. The molecule has 0 atom stereocenters. The minimum absolute atomic E-state index is 0.0106. The van der Waals surface area contributed by atoms with Gasteiger partial charge in [-0.15, -0.1) is 0 Å². The van der Waals surface area contributed by atoms with Crippen molar-refractivity contribution in [1.29, 1.82) is 0 Å². The zero-order valence-electron chi connectivity index (χ0n) is 18.8. The molecule has 0 spiro atoms. The van der Waals surface area contributed by atoms with Crippen LogP contribution >= 0.6 is 0 Å². The van der Waals surface area contributed by atoms with Crippen LogP contribution in [0.5, 0.6) is 5.75 Å². The fourth-order valence-electron chi connectivity index (χ4n) is 4.02. The van der Waals surface area contributed by atoms with Crippen LogP contribution in [0, 0.1) is 6.92 Å². The number of urea groups is 1. The Labute approximate surface area is 182 Å². The van der Waals surface area contributed by atoms with Gasteiger partial charge in [-0.25, -0.2) is 9.59 Å². The fraction of sp³-hybridized carbons (Fsp3) is 0.522. The fourth-order valence-corrected chi connectivity index (χ4v) is 4.02. The van der Waals surface area contributed by atoms with Crippen LogP contribution in [0.15, 0.2) is 27.4 Å². The van der Waals surface area contributed by atoms with Crippen LogP contribution in [-0.4, -0.2) is 73.0 Å². The lowest BCUT2D eigenvalue weighted by atomic mass is 10.0. The van der Waals surface area contributed by atoms with E-state index in [9.17, 15) is 14.4 Å². The number of benzene rings is 1. The van der Waals surface area contributed by atoms with Crippen molar-refractivity contribution in [1.82, 2.24) is 14.7 Å². The van der Waals surface area contributed by atoms with Gasteiger partial charge in [0, 0.05) is 62.7 Å². The molecule has 3 amide bonds. The molecule has 0 unspecified atom stereocenters. The van der Waals surface area contributed by atoms with E-state index >= 15 is 0 Å². The average Bonchev–Trinajstić information content (AvgIpc) is 2.79. The van der Waals surface area contributed by atoms with E-state index in [2.05, 4.69) is 0 Å². The normalized spacial score (nSPS) is 14.1. The highest BCUT2D eigenvalue weighted by atomic mass is 16.5. The lowest BCUT2D eigenvalue weighted by Crippen LogP contribution is -2.54. The predicted molar refractivity (Wildman–Crippen MR) is 119 cm³/mol. The molecule has 0 saturated carbocycles. The Morgan fingerprint density at radius 1 is 1.10 bits per heavy atom. The van der Waals surface area contributed by atoms with Gasteiger partial charge in [0.25, 0.3) is 0 Å². The van der Waals surface area contributed by atoms with E-state index in [1.165, 1.54) is 0 Å². The number of hydrogen-bond acceptors (Lipinski definition) is 5. The first-order valence-corrected chi connectivity index (χ1v) is 10.8. The quantitative estimate of drug-likeness (QED) is 0.660. The number of carbonyl (C=O) groups is 2. The third-order valence-corrected chi connectivity index (χ3v) is 6.02. The standard InChI is InChI=1S/C23H31N3O5/c1-5-24(6-2)23(29)26-13-11-25(12-14-26)21(27)10-9-19-16(3)18-8-7-17(30-4)15-20(18)31-22(19)28/h7-8,15H,5-6,9-14H2,1-4H3. The van der Waals surface area contributed by atoms with Crippen LogP contribution in [-0.2, 0) is 11.2 Å². The van der Waals surface area contributed by atoms with E-state index in [0.29, 0.717) is 62.6 Å². The Bertz CT molecular complexity index is 1000. The molecular weight excluding hydrogens is 398 g/mol. The van der Waals surface area contributed by atoms with Gasteiger partial charge in [-0.1, -0.05) is 0 Å². The van der Waals surface area contributed by atoms with E-state index in [-0.39, 0.29) is 18.4 Å². The molecule has 8 heteroatoms. The minimum atomic E-state index is -0.416. The summed E-state index contributed by atoms with van der Waals surface area (Å²) in [6, 6.07) is 5.41. The lowest BCUT2D eigenvalue weighted by Gasteiger charge is -2.37. The van der Waals surface area contributed by atoms with Gasteiger partial charge in [-0.05, 0) is 44.9 Å². The number of fused-ring (bicyclic) bond motifs is 1. The topological polar surface area (TPSA) is 83.3 Å². The number of carbonyl (C=O) groups excluding carboxylic acids is 2. The van der Waals surface area contributed by atoms with E-state index in [1.54, 1.807) is 27.9 Å². The molecule has 1 aromatic heterocycles. The molecule has 0 aliphatic carbocycles. The third kappa shape index (κ3) is 4.84. The molecular formula is C23H31N3O5. The van der Waals surface area contributed by atoms with Gasteiger partial charge in [-0.3, -0.25) is 4.79 Å². The Kier molecular flexibility index (Phi) is 7.20. The number of rotatable bonds is 6. The number of amides is 3. The van der Waals surface area contributed by atoms with Crippen LogP contribution in [0.2, 0.25) is 0 Å². The van der Waals surface area contributed by atoms with Gasteiger partial charge in [0.1, 0.15) is 11.3 Å². The van der Waals surface area contributed by atoms with Crippen molar-refractivity contribution < 1.29 is 18.7 Å². The second-order valence-corrected chi connectivity index (χ2v) is 7.68. The molecule has 1 fully saturated rings. The number of aryl methyl sites for hydroxylation is 1. The molecule has 2 aromatic rings. The predicted octanol–water partition coefficient (Wildman–Crippen LogP) is 2.65. The summed E-state index contributed by atoms with van der Waals surface area (Å²) in [5.41, 5.74) is 1.42. The van der Waals surface area contributed by atoms with Crippen molar-refractivity contribution in [3.8, 4) is 5.75 Å². The van der Waals surface area contributed by atoms with Gasteiger partial charge >= 0.3 is 11.7 Å². The summed E-state index contributed by atoms with van der Waals surface area (Å²) in [6.45, 7) is 9.23. The largest absolute Gasteiger partial charge is 0.497 e. The summed E-state index contributed by atoms with van der Waals surface area (Å²) in [5, 5.41) is 0.839. The number of nitrogens with zero attached hydrogens (tertiary/aromatic N) is 3. The molecule has 3 rings (SSSR count). The molecule has 168 valence electrons. The summed E-state index contributed by atoms with van der Waals surface area (Å²) in [6.07, 6.45) is 0.560. The second kappa shape index (κ2) is 9.85. The number of ether oxygens (including phenoxy) is 1. The van der Waals surface area contributed by atoms with Gasteiger partial charge in [0.15, 0.2) is 0 Å². The molecule has 31 heavy (non-hydrogen) atoms. The van der Waals surface area contributed by atoms with E-state index in [4.69, 9.17) is 9.15 Å². The monoisotopic (exact) mass is 429 g/mol. The van der Waals surface area contributed by atoms with Crippen molar-refractivity contribution in [2.24, 2.45) is 0 Å². The highest BCUT2D eigenvalue weighted by Crippen LogP contribution is 2.24. The first-order valence-electron chi connectivity index (χ1n) is 10.8. The number of methoxy groups -OCH3 is 1.